The maximum absolute atomic E-state index is 12.0. The first-order chi connectivity index (χ1) is 9.08. The highest BCUT2D eigenvalue weighted by molar-refractivity contribution is 5.96. The molecule has 0 aromatic carbocycles. The molecule has 19 heavy (non-hydrogen) atoms. The summed E-state index contributed by atoms with van der Waals surface area (Å²) in [6.07, 6.45) is 4.28. The van der Waals surface area contributed by atoms with Crippen molar-refractivity contribution in [3.05, 3.63) is 35.4 Å². The van der Waals surface area contributed by atoms with Gasteiger partial charge in [-0.25, -0.2) is 4.68 Å². The van der Waals surface area contributed by atoms with Crippen LogP contribution in [0.15, 0.2) is 18.6 Å². The van der Waals surface area contributed by atoms with E-state index < -0.39 is 6.10 Å². The van der Waals surface area contributed by atoms with Gasteiger partial charge in [-0.15, -0.1) is 5.10 Å². The van der Waals surface area contributed by atoms with Crippen LogP contribution in [0.4, 0.5) is 0 Å². The van der Waals surface area contributed by atoms with E-state index in [9.17, 15) is 9.90 Å². The molecule has 1 amide bonds. The van der Waals surface area contributed by atoms with Crippen LogP contribution < -0.4 is 5.32 Å². The summed E-state index contributed by atoms with van der Waals surface area (Å²) in [4.78, 5) is 15.0. The van der Waals surface area contributed by atoms with Gasteiger partial charge in [0.2, 0.25) is 0 Å². The number of aromatic amines is 1. The molecule has 2 heterocycles. The molecule has 0 fully saturated rings. The Morgan fingerprint density at radius 2 is 2.37 bits per heavy atom. The number of aryl methyl sites for hydroxylation is 2. The van der Waals surface area contributed by atoms with Gasteiger partial charge in [0, 0.05) is 24.6 Å². The number of rotatable bonds is 5. The number of aliphatic hydroxyl groups excluding tert-OH is 1. The number of H-pyrrole nitrogens is 1. The van der Waals surface area contributed by atoms with Crippen LogP contribution in [0, 0.1) is 13.8 Å². The van der Waals surface area contributed by atoms with E-state index in [4.69, 9.17) is 0 Å². The highest BCUT2D eigenvalue weighted by Crippen LogP contribution is 2.11. The second-order valence-electron chi connectivity index (χ2n) is 4.46. The van der Waals surface area contributed by atoms with Gasteiger partial charge >= 0.3 is 0 Å². The molecule has 3 N–H and O–H groups in total. The van der Waals surface area contributed by atoms with Gasteiger partial charge in [-0.05, 0) is 19.4 Å². The molecule has 1 unspecified atom stereocenters. The number of aromatic nitrogens is 4. The lowest BCUT2D eigenvalue weighted by atomic mass is 10.1. The number of nitrogens with zero attached hydrogens (tertiary/aromatic N) is 3. The molecule has 0 aliphatic heterocycles. The number of amides is 1. The molecular formula is C12H17N5O2. The zero-order valence-electron chi connectivity index (χ0n) is 10.9. The Labute approximate surface area is 110 Å². The molecule has 2 aromatic heterocycles. The Kier molecular flexibility index (Phi) is 3.96. The van der Waals surface area contributed by atoms with E-state index in [1.54, 1.807) is 12.4 Å². The van der Waals surface area contributed by atoms with Crippen molar-refractivity contribution in [3.63, 3.8) is 0 Å². The largest absolute Gasteiger partial charge is 0.389 e. The maximum atomic E-state index is 12.0. The Hall–Kier alpha value is -2.15. The summed E-state index contributed by atoms with van der Waals surface area (Å²) in [5.41, 5.74) is 2.34. The lowest BCUT2D eigenvalue weighted by molar-refractivity contribution is 0.0899. The van der Waals surface area contributed by atoms with Crippen LogP contribution >= 0.6 is 0 Å². The van der Waals surface area contributed by atoms with Gasteiger partial charge in [0.05, 0.1) is 24.4 Å². The van der Waals surface area contributed by atoms with Crippen molar-refractivity contribution in [2.45, 2.75) is 26.5 Å². The molecular weight excluding hydrogens is 246 g/mol. The van der Waals surface area contributed by atoms with Crippen LogP contribution in [-0.2, 0) is 6.54 Å². The molecule has 0 saturated carbocycles. The minimum atomic E-state index is -0.704. The number of carbonyl (C=O) groups is 1. The molecule has 0 saturated heterocycles. The first kappa shape index (κ1) is 13.3. The zero-order valence-corrected chi connectivity index (χ0v) is 10.9. The topological polar surface area (TPSA) is 95.8 Å². The van der Waals surface area contributed by atoms with Gasteiger partial charge in [-0.1, -0.05) is 5.21 Å². The molecule has 7 heteroatoms. The number of hydrogen-bond donors (Lipinski definition) is 3. The predicted octanol–water partition coefficient (Wildman–Crippen LogP) is 0.0139. The minimum Gasteiger partial charge on any atom is -0.389 e. The smallest absolute Gasteiger partial charge is 0.253 e. The Morgan fingerprint density at radius 3 is 2.95 bits per heavy atom. The lowest BCUT2D eigenvalue weighted by Crippen LogP contribution is -2.35. The number of aliphatic hydroxyl groups is 1. The molecule has 102 valence electrons. The van der Waals surface area contributed by atoms with E-state index in [1.807, 2.05) is 13.8 Å². The van der Waals surface area contributed by atoms with E-state index in [1.165, 1.54) is 10.9 Å². The van der Waals surface area contributed by atoms with Crippen LogP contribution in [0.3, 0.4) is 0 Å². The summed E-state index contributed by atoms with van der Waals surface area (Å²) in [7, 11) is 0. The average molecular weight is 263 g/mol. The van der Waals surface area contributed by atoms with E-state index >= 15 is 0 Å². The standard InChI is InChI=1S/C12H17N5O2/c1-8-5-13-9(2)11(8)12(19)14-6-10(18)7-17-4-3-15-16-17/h3-5,10,13,18H,6-7H2,1-2H3,(H,14,19). The third kappa shape index (κ3) is 3.19. The van der Waals surface area contributed by atoms with Gasteiger partial charge in [0.1, 0.15) is 0 Å². The van der Waals surface area contributed by atoms with Crippen molar-refractivity contribution in [3.8, 4) is 0 Å². The molecule has 7 nitrogen and oxygen atoms in total. The van der Waals surface area contributed by atoms with Gasteiger partial charge in [0.15, 0.2) is 0 Å². The normalized spacial score (nSPS) is 12.4. The minimum absolute atomic E-state index is 0.169. The maximum Gasteiger partial charge on any atom is 0.253 e. The Bertz CT molecular complexity index is 527. The molecule has 0 aliphatic carbocycles. The second-order valence-corrected chi connectivity index (χ2v) is 4.46. The first-order valence-corrected chi connectivity index (χ1v) is 6.03. The van der Waals surface area contributed by atoms with Crippen LogP contribution in [0.5, 0.6) is 0 Å². The number of hydrogen-bond acceptors (Lipinski definition) is 4. The van der Waals surface area contributed by atoms with E-state index in [0.717, 1.165) is 11.3 Å². The predicted molar refractivity (Wildman–Crippen MR) is 68.6 cm³/mol. The molecule has 1 atom stereocenters. The van der Waals surface area contributed by atoms with Crippen molar-refractivity contribution < 1.29 is 9.90 Å². The van der Waals surface area contributed by atoms with Crippen molar-refractivity contribution in [2.24, 2.45) is 0 Å². The third-order valence-electron chi connectivity index (χ3n) is 2.87. The van der Waals surface area contributed by atoms with Crippen LogP contribution in [0.1, 0.15) is 21.6 Å². The monoisotopic (exact) mass is 263 g/mol. The van der Waals surface area contributed by atoms with Crippen molar-refractivity contribution in [1.82, 2.24) is 25.3 Å². The average Bonchev–Trinajstić information content (AvgIpc) is 2.97. The van der Waals surface area contributed by atoms with Crippen LogP contribution in [0.25, 0.3) is 0 Å². The van der Waals surface area contributed by atoms with Crippen LogP contribution in [-0.4, -0.2) is 43.6 Å². The van der Waals surface area contributed by atoms with Crippen molar-refractivity contribution >= 4 is 5.91 Å². The van der Waals surface area contributed by atoms with E-state index in [2.05, 4.69) is 20.6 Å². The number of nitrogens with one attached hydrogen (secondary N) is 2. The molecule has 0 radical (unpaired) electrons. The van der Waals surface area contributed by atoms with Crippen molar-refractivity contribution in [1.29, 1.82) is 0 Å². The molecule has 0 bridgehead atoms. The molecule has 2 aromatic rings. The quantitative estimate of drug-likeness (QED) is 0.708. The van der Waals surface area contributed by atoms with E-state index in [0.29, 0.717) is 12.1 Å². The summed E-state index contributed by atoms with van der Waals surface area (Å²) in [5, 5.41) is 19.9. The highest BCUT2D eigenvalue weighted by Gasteiger charge is 2.15. The third-order valence-corrected chi connectivity index (χ3v) is 2.87. The second kappa shape index (κ2) is 5.66. The van der Waals surface area contributed by atoms with Gasteiger partial charge in [0.25, 0.3) is 5.91 Å². The molecule has 0 aliphatic rings. The van der Waals surface area contributed by atoms with Gasteiger partial charge < -0.3 is 15.4 Å². The summed E-state index contributed by atoms with van der Waals surface area (Å²) < 4.78 is 1.52. The SMILES string of the molecule is Cc1c[nH]c(C)c1C(=O)NCC(O)Cn1ccnn1. The summed E-state index contributed by atoms with van der Waals surface area (Å²) in [5.74, 6) is -0.186. The fraction of sp³-hybridized carbons (Fsp3) is 0.417. The van der Waals surface area contributed by atoms with Crippen molar-refractivity contribution in [2.75, 3.05) is 6.54 Å². The molecule has 0 spiro atoms. The first-order valence-electron chi connectivity index (χ1n) is 6.03. The van der Waals surface area contributed by atoms with E-state index in [-0.39, 0.29) is 12.5 Å². The highest BCUT2D eigenvalue weighted by atomic mass is 16.3. The molecule has 2 rings (SSSR count). The summed E-state index contributed by atoms with van der Waals surface area (Å²) in [6.45, 7) is 4.17. The zero-order chi connectivity index (χ0) is 13.8. The number of carbonyl (C=O) groups excluding carboxylic acids is 1. The summed E-state index contributed by atoms with van der Waals surface area (Å²) in [6, 6.07) is 0. The van der Waals surface area contributed by atoms with Crippen LogP contribution in [0.2, 0.25) is 0 Å². The fourth-order valence-electron chi connectivity index (χ4n) is 1.92. The Morgan fingerprint density at radius 1 is 1.58 bits per heavy atom. The lowest BCUT2D eigenvalue weighted by Gasteiger charge is -2.12. The van der Waals surface area contributed by atoms with Gasteiger partial charge in [-0.3, -0.25) is 4.79 Å². The van der Waals surface area contributed by atoms with Gasteiger partial charge in [-0.2, -0.15) is 0 Å². The fourth-order valence-corrected chi connectivity index (χ4v) is 1.92. The Balaban J connectivity index is 1.87. The summed E-state index contributed by atoms with van der Waals surface area (Å²) >= 11 is 0.